The van der Waals surface area contributed by atoms with Gasteiger partial charge < -0.3 is 9.67 Å². The predicted octanol–water partition coefficient (Wildman–Crippen LogP) is 5.07. The first-order valence-corrected chi connectivity index (χ1v) is 9.41. The molecule has 0 aliphatic heterocycles. The molecule has 27 heavy (non-hydrogen) atoms. The number of fused-ring (bicyclic) bond motifs is 1. The van der Waals surface area contributed by atoms with Crippen LogP contribution in [0.1, 0.15) is 32.3 Å². The summed E-state index contributed by atoms with van der Waals surface area (Å²) in [5, 5.41) is 12.3. The van der Waals surface area contributed by atoms with Crippen LogP contribution in [-0.2, 0) is 12.5 Å². The van der Waals surface area contributed by atoms with Crippen LogP contribution in [-0.4, -0.2) is 25.7 Å². The highest BCUT2D eigenvalue weighted by atomic mass is 127. The highest BCUT2D eigenvalue weighted by Crippen LogP contribution is 2.38. The molecule has 0 saturated carbocycles. The van der Waals surface area contributed by atoms with E-state index in [1.165, 1.54) is 0 Å². The fourth-order valence-electron chi connectivity index (χ4n) is 2.97. The molecule has 0 radical (unpaired) electrons. The number of aryl methyl sites for hydroxylation is 1. The summed E-state index contributed by atoms with van der Waals surface area (Å²) < 4.78 is 18.1. The summed E-state index contributed by atoms with van der Waals surface area (Å²) in [5.74, 6) is 0.232. The molecule has 1 amide bonds. The van der Waals surface area contributed by atoms with Crippen LogP contribution in [0.3, 0.4) is 0 Å². The summed E-state index contributed by atoms with van der Waals surface area (Å²) in [4.78, 5) is 20.0. The van der Waals surface area contributed by atoms with Gasteiger partial charge in [0.1, 0.15) is 17.5 Å². The normalized spacial score (nSPS) is 11.8. The molecule has 8 heteroatoms. The van der Waals surface area contributed by atoms with Crippen LogP contribution in [0.2, 0.25) is 0 Å². The lowest BCUT2D eigenvalue weighted by Gasteiger charge is -2.22. The van der Waals surface area contributed by atoms with Gasteiger partial charge >= 0.3 is 6.09 Å². The number of imidazole rings is 1. The second-order valence-corrected chi connectivity index (χ2v) is 8.48. The monoisotopic (exact) mass is 482 g/mol. The van der Waals surface area contributed by atoms with Crippen LogP contribution in [0.5, 0.6) is 0 Å². The minimum absolute atomic E-state index is 0.00100. The molecule has 6 nitrogen and oxygen atoms in total. The van der Waals surface area contributed by atoms with Gasteiger partial charge in [-0.15, -0.1) is 0 Å². The maximum Gasteiger partial charge on any atom is 0.410 e. The molecule has 3 aromatic rings. The Labute approximate surface area is 170 Å². The topological polar surface area (TPSA) is 80.0 Å². The molecule has 0 saturated heterocycles. The van der Waals surface area contributed by atoms with Crippen LogP contribution in [0.4, 0.5) is 15.0 Å². The molecular weight excluding hydrogens is 462 g/mol. The number of halogens is 2. The van der Waals surface area contributed by atoms with Crippen molar-refractivity contribution >= 4 is 45.3 Å². The number of hydrogen-bond acceptors (Lipinski definition) is 3. The Bertz CT molecular complexity index is 1070. The molecule has 0 aliphatic carbocycles. The standard InChI is InChI=1S/C19H20FIN4O2/c1-9-22-8-12(25(9)5)10-6-7-11-13(14(10)20)17(24-18(26)27)23-16(15(11)21)19(2,3)4/h6-8H,1-5H3,(H,23,24)(H,26,27). The van der Waals surface area contributed by atoms with E-state index < -0.39 is 11.9 Å². The Kier molecular flexibility index (Phi) is 4.87. The van der Waals surface area contributed by atoms with Gasteiger partial charge in [-0.05, 0) is 35.6 Å². The second kappa shape index (κ2) is 6.74. The third-order valence-electron chi connectivity index (χ3n) is 4.48. The van der Waals surface area contributed by atoms with Crippen molar-refractivity contribution in [1.29, 1.82) is 0 Å². The second-order valence-electron chi connectivity index (χ2n) is 7.40. The van der Waals surface area contributed by atoms with Crippen molar-refractivity contribution in [2.45, 2.75) is 33.1 Å². The molecule has 0 bridgehead atoms. The smallest absolute Gasteiger partial charge is 0.410 e. The van der Waals surface area contributed by atoms with Gasteiger partial charge in [-0.1, -0.05) is 26.8 Å². The lowest BCUT2D eigenvalue weighted by molar-refractivity contribution is 0.209. The molecule has 0 spiro atoms. The third kappa shape index (κ3) is 3.38. The number of nitrogens with zero attached hydrogens (tertiary/aromatic N) is 3. The minimum Gasteiger partial charge on any atom is -0.465 e. The average Bonchev–Trinajstić information content (AvgIpc) is 2.88. The van der Waals surface area contributed by atoms with Crippen LogP contribution in [0.25, 0.3) is 22.0 Å². The van der Waals surface area contributed by atoms with Gasteiger partial charge in [0.2, 0.25) is 0 Å². The SMILES string of the molecule is Cc1ncc(-c2ccc3c(I)c(C(C)(C)C)nc(NC(=O)O)c3c2F)n1C. The first-order chi connectivity index (χ1) is 12.5. The van der Waals surface area contributed by atoms with E-state index in [9.17, 15) is 9.90 Å². The Morgan fingerprint density at radius 1 is 1.33 bits per heavy atom. The van der Waals surface area contributed by atoms with Gasteiger partial charge in [-0.25, -0.2) is 19.2 Å². The van der Waals surface area contributed by atoms with Gasteiger partial charge in [-0.3, -0.25) is 5.32 Å². The third-order valence-corrected chi connectivity index (χ3v) is 5.57. The van der Waals surface area contributed by atoms with Crippen molar-refractivity contribution in [3.63, 3.8) is 0 Å². The summed E-state index contributed by atoms with van der Waals surface area (Å²) in [6, 6.07) is 3.51. The fourth-order valence-corrected chi connectivity index (χ4v) is 4.35. The summed E-state index contributed by atoms with van der Waals surface area (Å²) in [7, 11) is 1.81. The number of carboxylic acid groups (broad SMARTS) is 1. The summed E-state index contributed by atoms with van der Waals surface area (Å²) in [6.07, 6.45) is 0.317. The van der Waals surface area contributed by atoms with Gasteiger partial charge in [-0.2, -0.15) is 0 Å². The van der Waals surface area contributed by atoms with E-state index >= 15 is 4.39 Å². The van der Waals surface area contributed by atoms with Crippen molar-refractivity contribution in [3.8, 4) is 11.3 Å². The summed E-state index contributed by atoms with van der Waals surface area (Å²) in [5.41, 5.74) is 1.35. The van der Waals surface area contributed by atoms with Crippen LogP contribution in [0, 0.1) is 16.3 Å². The molecule has 2 N–H and O–H groups in total. The number of amides is 1. The van der Waals surface area contributed by atoms with Gasteiger partial charge in [0.05, 0.1) is 23.0 Å². The maximum absolute atomic E-state index is 15.5. The van der Waals surface area contributed by atoms with E-state index in [1.807, 2.05) is 40.8 Å². The molecular formula is C19H20FIN4O2. The molecule has 1 aromatic carbocycles. The highest BCUT2D eigenvalue weighted by Gasteiger charge is 2.26. The molecule has 2 heterocycles. The zero-order valence-electron chi connectivity index (χ0n) is 15.7. The number of carbonyl (C=O) groups is 1. The number of rotatable bonds is 2. The zero-order valence-corrected chi connectivity index (χ0v) is 17.8. The number of benzene rings is 1. The van der Waals surface area contributed by atoms with Crippen molar-refractivity contribution in [2.75, 3.05) is 5.32 Å². The molecule has 0 aliphatic rings. The lowest BCUT2D eigenvalue weighted by Crippen LogP contribution is -2.19. The van der Waals surface area contributed by atoms with Crippen molar-refractivity contribution in [1.82, 2.24) is 14.5 Å². The predicted molar refractivity (Wildman–Crippen MR) is 112 cm³/mol. The first-order valence-electron chi connectivity index (χ1n) is 8.33. The molecule has 0 unspecified atom stereocenters. The number of aromatic nitrogens is 3. The van der Waals surface area contributed by atoms with Crippen LogP contribution >= 0.6 is 22.6 Å². The number of hydrogen-bond donors (Lipinski definition) is 2. The van der Waals surface area contributed by atoms with Crippen LogP contribution < -0.4 is 5.32 Å². The maximum atomic E-state index is 15.5. The van der Waals surface area contributed by atoms with E-state index in [0.29, 0.717) is 22.3 Å². The van der Waals surface area contributed by atoms with E-state index in [1.54, 1.807) is 16.8 Å². The van der Waals surface area contributed by atoms with Gasteiger partial charge in [0.25, 0.3) is 0 Å². The van der Waals surface area contributed by atoms with E-state index in [0.717, 1.165) is 9.39 Å². The summed E-state index contributed by atoms with van der Waals surface area (Å²) in [6.45, 7) is 7.78. The zero-order chi connectivity index (χ0) is 20.1. The van der Waals surface area contributed by atoms with Crippen molar-refractivity contribution < 1.29 is 14.3 Å². The average molecular weight is 482 g/mol. The largest absolute Gasteiger partial charge is 0.465 e. The fraction of sp³-hybridized carbons (Fsp3) is 0.316. The van der Waals surface area contributed by atoms with Crippen molar-refractivity contribution in [2.24, 2.45) is 7.05 Å². The van der Waals surface area contributed by atoms with E-state index in [4.69, 9.17) is 0 Å². The number of nitrogens with one attached hydrogen (secondary N) is 1. The molecule has 142 valence electrons. The van der Waals surface area contributed by atoms with Crippen LogP contribution in [0.15, 0.2) is 18.3 Å². The minimum atomic E-state index is -1.29. The molecule has 0 atom stereocenters. The Morgan fingerprint density at radius 3 is 2.52 bits per heavy atom. The van der Waals surface area contributed by atoms with Gasteiger partial charge in [0, 0.05) is 27.0 Å². The highest BCUT2D eigenvalue weighted by molar-refractivity contribution is 14.1. The van der Waals surface area contributed by atoms with E-state index in [2.05, 4.69) is 37.9 Å². The molecule has 0 fully saturated rings. The molecule has 3 rings (SSSR count). The Hall–Kier alpha value is -2.23. The first kappa shape index (κ1) is 19.5. The van der Waals surface area contributed by atoms with Crippen molar-refractivity contribution in [3.05, 3.63) is 39.2 Å². The van der Waals surface area contributed by atoms with Gasteiger partial charge in [0.15, 0.2) is 0 Å². The number of anilines is 1. The Balaban J connectivity index is 2.40. The van der Waals surface area contributed by atoms with E-state index in [-0.39, 0.29) is 16.6 Å². The number of pyridine rings is 1. The quantitative estimate of drug-likeness (QED) is 0.500. The lowest BCUT2D eigenvalue weighted by atomic mass is 9.90. The molecule has 2 aromatic heterocycles. The summed E-state index contributed by atoms with van der Waals surface area (Å²) >= 11 is 2.15. The Morgan fingerprint density at radius 2 is 2.00 bits per heavy atom.